The molecule has 5 heteroatoms. The van der Waals surface area contributed by atoms with Crippen LogP contribution in [0.3, 0.4) is 0 Å². The van der Waals surface area contributed by atoms with Crippen molar-refractivity contribution in [1.29, 1.82) is 0 Å². The van der Waals surface area contributed by atoms with Crippen LogP contribution in [0, 0.1) is 5.82 Å². The van der Waals surface area contributed by atoms with Gasteiger partial charge >= 0.3 is 0 Å². The van der Waals surface area contributed by atoms with Gasteiger partial charge in [0.1, 0.15) is 5.82 Å². The third-order valence-corrected chi connectivity index (χ3v) is 4.36. The van der Waals surface area contributed by atoms with Crippen LogP contribution >= 0.6 is 11.3 Å². The summed E-state index contributed by atoms with van der Waals surface area (Å²) in [6.45, 7) is 0. The summed E-state index contributed by atoms with van der Waals surface area (Å²) in [7, 11) is 0. The highest BCUT2D eigenvalue weighted by Crippen LogP contribution is 2.28. The highest BCUT2D eigenvalue weighted by molar-refractivity contribution is 7.20. The maximum absolute atomic E-state index is 13.9. The molecule has 0 fully saturated rings. The van der Waals surface area contributed by atoms with E-state index >= 15 is 0 Å². The molecule has 102 valence electrons. The SMILES string of the molecule is O=c1cc(-c2ccccc2F)sc2nc3ccccc3n12. The normalized spacial score (nSPS) is 11.3. The first-order valence-corrected chi connectivity index (χ1v) is 7.22. The van der Waals surface area contributed by atoms with Crippen LogP contribution in [0.15, 0.2) is 59.4 Å². The van der Waals surface area contributed by atoms with Crippen LogP contribution in [-0.2, 0) is 0 Å². The average molecular weight is 296 g/mol. The third-order valence-electron chi connectivity index (χ3n) is 3.35. The van der Waals surface area contributed by atoms with Gasteiger partial charge in [-0.15, -0.1) is 0 Å². The number of imidazole rings is 1. The first kappa shape index (κ1) is 12.2. The Morgan fingerprint density at radius 1 is 1.05 bits per heavy atom. The molecule has 0 aliphatic heterocycles. The molecule has 0 radical (unpaired) electrons. The number of halogens is 1. The Labute approximate surface area is 122 Å². The van der Waals surface area contributed by atoms with Crippen LogP contribution in [0.2, 0.25) is 0 Å². The van der Waals surface area contributed by atoms with E-state index in [-0.39, 0.29) is 11.4 Å². The lowest BCUT2D eigenvalue weighted by Gasteiger charge is -2.02. The molecular formula is C16H9FN2OS. The maximum atomic E-state index is 13.9. The third kappa shape index (κ3) is 1.86. The van der Waals surface area contributed by atoms with E-state index in [1.54, 1.807) is 22.6 Å². The van der Waals surface area contributed by atoms with Crippen molar-refractivity contribution in [3.63, 3.8) is 0 Å². The molecule has 0 atom stereocenters. The Balaban J connectivity index is 2.09. The molecule has 21 heavy (non-hydrogen) atoms. The number of hydrogen-bond acceptors (Lipinski definition) is 3. The van der Waals surface area contributed by atoms with Crippen molar-refractivity contribution in [2.24, 2.45) is 0 Å². The minimum Gasteiger partial charge on any atom is -0.269 e. The van der Waals surface area contributed by atoms with Gasteiger partial charge in [-0.05, 0) is 18.2 Å². The molecule has 2 aromatic carbocycles. The van der Waals surface area contributed by atoms with E-state index in [1.807, 2.05) is 24.3 Å². The largest absolute Gasteiger partial charge is 0.269 e. The van der Waals surface area contributed by atoms with E-state index in [0.717, 1.165) is 11.0 Å². The lowest BCUT2D eigenvalue weighted by molar-refractivity contribution is 0.631. The second kappa shape index (κ2) is 4.49. The van der Waals surface area contributed by atoms with E-state index in [0.29, 0.717) is 15.4 Å². The number of para-hydroxylation sites is 2. The zero-order chi connectivity index (χ0) is 14.4. The van der Waals surface area contributed by atoms with Crippen LogP contribution in [0.1, 0.15) is 0 Å². The minimum atomic E-state index is -0.339. The summed E-state index contributed by atoms with van der Waals surface area (Å²) in [4.78, 5) is 18.0. The van der Waals surface area contributed by atoms with Gasteiger partial charge in [-0.2, -0.15) is 0 Å². The van der Waals surface area contributed by atoms with Gasteiger partial charge in [0.2, 0.25) is 0 Å². The summed E-state index contributed by atoms with van der Waals surface area (Å²) in [6.07, 6.45) is 0. The van der Waals surface area contributed by atoms with Crippen molar-refractivity contribution in [3.05, 3.63) is 70.8 Å². The van der Waals surface area contributed by atoms with E-state index in [2.05, 4.69) is 4.98 Å². The molecule has 3 nitrogen and oxygen atoms in total. The Bertz CT molecular complexity index is 1040. The molecule has 2 heterocycles. The highest BCUT2D eigenvalue weighted by atomic mass is 32.1. The van der Waals surface area contributed by atoms with Gasteiger partial charge in [0.25, 0.3) is 5.56 Å². The second-order valence-corrected chi connectivity index (χ2v) is 5.66. The number of aromatic nitrogens is 2. The minimum absolute atomic E-state index is 0.198. The number of fused-ring (bicyclic) bond motifs is 3. The van der Waals surface area contributed by atoms with E-state index < -0.39 is 0 Å². The number of nitrogens with zero attached hydrogens (tertiary/aromatic N) is 2. The summed E-state index contributed by atoms with van der Waals surface area (Å²) in [5.41, 5.74) is 1.76. The second-order valence-electron chi connectivity index (χ2n) is 4.65. The first-order chi connectivity index (χ1) is 10.2. The van der Waals surface area contributed by atoms with Crippen LogP contribution in [0.5, 0.6) is 0 Å². The standard InChI is InChI=1S/C16H9FN2OS/c17-11-6-2-1-5-10(11)14-9-15(20)19-13-8-4-3-7-12(13)18-16(19)21-14/h1-9H. The van der Waals surface area contributed by atoms with Gasteiger partial charge in [0.05, 0.1) is 11.0 Å². The molecule has 4 rings (SSSR count). The smallest absolute Gasteiger partial charge is 0.258 e. The van der Waals surface area contributed by atoms with E-state index in [9.17, 15) is 9.18 Å². The maximum Gasteiger partial charge on any atom is 0.258 e. The predicted molar refractivity (Wildman–Crippen MR) is 82.2 cm³/mol. The summed E-state index contributed by atoms with van der Waals surface area (Å²) in [5, 5.41) is 0. The zero-order valence-electron chi connectivity index (χ0n) is 10.8. The Hall–Kier alpha value is -2.53. The van der Waals surface area contributed by atoms with Crippen molar-refractivity contribution < 1.29 is 4.39 Å². The first-order valence-electron chi connectivity index (χ1n) is 6.40. The van der Waals surface area contributed by atoms with Gasteiger partial charge in [-0.25, -0.2) is 9.37 Å². The van der Waals surface area contributed by atoms with Gasteiger partial charge in [-0.3, -0.25) is 9.20 Å². The Morgan fingerprint density at radius 3 is 2.67 bits per heavy atom. The lowest BCUT2D eigenvalue weighted by Crippen LogP contribution is -2.10. The molecular weight excluding hydrogens is 287 g/mol. The summed E-state index contributed by atoms with van der Waals surface area (Å²) >= 11 is 1.31. The van der Waals surface area contributed by atoms with Crippen molar-refractivity contribution in [2.75, 3.05) is 0 Å². The number of hydrogen-bond donors (Lipinski definition) is 0. The van der Waals surface area contributed by atoms with Crippen molar-refractivity contribution in [3.8, 4) is 10.4 Å². The van der Waals surface area contributed by atoms with Crippen molar-refractivity contribution in [2.45, 2.75) is 0 Å². The fraction of sp³-hybridized carbons (Fsp3) is 0. The molecule has 0 saturated heterocycles. The highest BCUT2D eigenvalue weighted by Gasteiger charge is 2.12. The van der Waals surface area contributed by atoms with Crippen LogP contribution in [0.25, 0.3) is 26.4 Å². The fourth-order valence-corrected chi connectivity index (χ4v) is 3.44. The van der Waals surface area contributed by atoms with Crippen molar-refractivity contribution in [1.82, 2.24) is 9.38 Å². The Kier molecular flexibility index (Phi) is 2.62. The predicted octanol–water partition coefficient (Wildman–Crippen LogP) is 3.72. The molecule has 0 N–H and O–H groups in total. The molecule has 0 amide bonds. The molecule has 0 aliphatic rings. The van der Waals surface area contributed by atoms with Gasteiger partial charge in [-0.1, -0.05) is 41.7 Å². The molecule has 0 bridgehead atoms. The summed E-state index contributed by atoms with van der Waals surface area (Å²) in [6, 6.07) is 15.4. The average Bonchev–Trinajstić information content (AvgIpc) is 2.86. The van der Waals surface area contributed by atoms with E-state index in [1.165, 1.54) is 23.5 Å². The van der Waals surface area contributed by atoms with Crippen LogP contribution < -0.4 is 5.56 Å². The number of rotatable bonds is 1. The monoisotopic (exact) mass is 296 g/mol. The molecule has 0 spiro atoms. The topological polar surface area (TPSA) is 34.4 Å². The fourth-order valence-electron chi connectivity index (χ4n) is 2.38. The number of benzene rings is 2. The summed E-state index contributed by atoms with van der Waals surface area (Å²) < 4.78 is 15.4. The summed E-state index contributed by atoms with van der Waals surface area (Å²) in [5.74, 6) is -0.339. The van der Waals surface area contributed by atoms with Crippen LogP contribution in [-0.4, -0.2) is 9.38 Å². The van der Waals surface area contributed by atoms with Crippen molar-refractivity contribution >= 4 is 27.3 Å². The van der Waals surface area contributed by atoms with Gasteiger partial charge < -0.3 is 0 Å². The molecule has 0 saturated carbocycles. The molecule has 2 aromatic heterocycles. The molecule has 4 aromatic rings. The Morgan fingerprint density at radius 2 is 1.81 bits per heavy atom. The quantitative estimate of drug-likeness (QED) is 0.536. The zero-order valence-corrected chi connectivity index (χ0v) is 11.6. The van der Waals surface area contributed by atoms with E-state index in [4.69, 9.17) is 0 Å². The van der Waals surface area contributed by atoms with Crippen LogP contribution in [0.4, 0.5) is 4.39 Å². The lowest BCUT2D eigenvalue weighted by atomic mass is 10.2. The van der Waals surface area contributed by atoms with Gasteiger partial charge in [0.15, 0.2) is 4.96 Å². The van der Waals surface area contributed by atoms with Gasteiger partial charge in [0, 0.05) is 16.5 Å². The molecule has 0 unspecified atom stereocenters. The molecule has 0 aliphatic carbocycles.